The van der Waals surface area contributed by atoms with Crippen LogP contribution in [0.1, 0.15) is 13.3 Å². The van der Waals surface area contributed by atoms with Crippen molar-refractivity contribution in [2.75, 3.05) is 20.8 Å². The fourth-order valence-corrected chi connectivity index (χ4v) is 2.50. The van der Waals surface area contributed by atoms with Crippen LogP contribution < -0.4 is 0 Å². The molecule has 1 unspecified atom stereocenters. The minimum Gasteiger partial charge on any atom is -0.494 e. The van der Waals surface area contributed by atoms with Crippen molar-refractivity contribution in [2.45, 2.75) is 18.7 Å². The van der Waals surface area contributed by atoms with Gasteiger partial charge in [-0.3, -0.25) is 4.79 Å². The zero-order valence-corrected chi connectivity index (χ0v) is 12.4. The van der Waals surface area contributed by atoms with Crippen molar-refractivity contribution < 1.29 is 19.1 Å². The van der Waals surface area contributed by atoms with E-state index in [1.54, 1.807) is 31.1 Å². The molecule has 0 saturated carbocycles. The standard InChI is InChI=1S/C14H16ClNO4/c1-4-20-14(18)12-13(19-3)9-6-10(15)11(17)5-8(9)7-16(12)2/h6-7,10H,4-5H2,1-3H3. The van der Waals surface area contributed by atoms with Gasteiger partial charge in [-0.2, -0.15) is 0 Å². The van der Waals surface area contributed by atoms with E-state index in [0.717, 1.165) is 5.57 Å². The zero-order valence-electron chi connectivity index (χ0n) is 11.6. The topological polar surface area (TPSA) is 55.8 Å². The highest BCUT2D eigenvalue weighted by Crippen LogP contribution is 2.36. The maximum absolute atomic E-state index is 12.0. The predicted octanol–water partition coefficient (Wildman–Crippen LogP) is 1.74. The monoisotopic (exact) mass is 297 g/mol. The molecule has 1 aliphatic carbocycles. The largest absolute Gasteiger partial charge is 0.494 e. The van der Waals surface area contributed by atoms with Crippen LogP contribution in [0.2, 0.25) is 0 Å². The van der Waals surface area contributed by atoms with Gasteiger partial charge in [0.1, 0.15) is 5.38 Å². The maximum Gasteiger partial charge on any atom is 0.358 e. The van der Waals surface area contributed by atoms with E-state index >= 15 is 0 Å². The SMILES string of the molecule is CCOC(=O)C1=C(OC)C2=CC(Cl)C(=O)CC2=CN1C. The number of ketones is 1. The number of likely N-dealkylation sites (N-methyl/N-ethyl adjacent to an activating group) is 1. The lowest BCUT2D eigenvalue weighted by Crippen LogP contribution is -2.31. The Kier molecular flexibility index (Phi) is 4.18. The number of esters is 1. The van der Waals surface area contributed by atoms with E-state index in [1.165, 1.54) is 7.11 Å². The van der Waals surface area contributed by atoms with Gasteiger partial charge in [0.2, 0.25) is 0 Å². The summed E-state index contributed by atoms with van der Waals surface area (Å²) in [6, 6.07) is 0. The van der Waals surface area contributed by atoms with Crippen molar-refractivity contribution in [1.82, 2.24) is 4.90 Å². The molecule has 108 valence electrons. The summed E-state index contributed by atoms with van der Waals surface area (Å²) in [7, 11) is 3.19. The first-order valence-electron chi connectivity index (χ1n) is 6.27. The van der Waals surface area contributed by atoms with Crippen LogP contribution in [0.25, 0.3) is 0 Å². The highest BCUT2D eigenvalue weighted by atomic mass is 35.5. The Morgan fingerprint density at radius 2 is 2.25 bits per heavy atom. The number of alkyl halides is 1. The van der Waals surface area contributed by atoms with E-state index in [9.17, 15) is 9.59 Å². The number of carbonyl (C=O) groups excluding carboxylic acids is 2. The first-order valence-corrected chi connectivity index (χ1v) is 6.71. The number of hydrogen-bond donors (Lipinski definition) is 0. The molecule has 0 aromatic carbocycles. The zero-order chi connectivity index (χ0) is 14.9. The second-order valence-electron chi connectivity index (χ2n) is 4.49. The number of Topliss-reactive ketones (excluding diaryl/α,β-unsaturated/α-hetero) is 1. The fraction of sp³-hybridized carbons (Fsp3) is 0.429. The van der Waals surface area contributed by atoms with E-state index in [-0.39, 0.29) is 18.8 Å². The number of hydrogen-bond acceptors (Lipinski definition) is 5. The van der Waals surface area contributed by atoms with Crippen LogP contribution in [0.4, 0.5) is 0 Å². The van der Waals surface area contributed by atoms with Gasteiger partial charge in [0.05, 0.1) is 13.7 Å². The molecule has 0 amide bonds. The molecule has 0 N–H and O–H groups in total. The molecule has 6 heteroatoms. The third-order valence-electron chi connectivity index (χ3n) is 3.17. The third-order valence-corrected chi connectivity index (χ3v) is 3.54. The molecule has 0 aromatic heterocycles. The molecule has 0 spiro atoms. The number of rotatable bonds is 3. The number of methoxy groups -OCH3 is 1. The van der Waals surface area contributed by atoms with Gasteiger partial charge in [-0.25, -0.2) is 4.79 Å². The third kappa shape index (κ3) is 2.45. The van der Waals surface area contributed by atoms with Crippen molar-refractivity contribution in [3.8, 4) is 0 Å². The highest BCUT2D eigenvalue weighted by Gasteiger charge is 2.34. The molecule has 0 aromatic rings. The van der Waals surface area contributed by atoms with Crippen LogP contribution in [0.5, 0.6) is 0 Å². The molecule has 0 fully saturated rings. The van der Waals surface area contributed by atoms with Crippen LogP contribution >= 0.6 is 11.6 Å². The van der Waals surface area contributed by atoms with Gasteiger partial charge in [0.15, 0.2) is 17.2 Å². The predicted molar refractivity (Wildman–Crippen MR) is 73.9 cm³/mol. The second kappa shape index (κ2) is 5.71. The fourth-order valence-electron chi connectivity index (χ4n) is 2.29. The number of nitrogens with zero attached hydrogens (tertiary/aromatic N) is 1. The van der Waals surface area contributed by atoms with Crippen molar-refractivity contribution in [2.24, 2.45) is 0 Å². The van der Waals surface area contributed by atoms with Crippen LogP contribution in [-0.4, -0.2) is 42.8 Å². The van der Waals surface area contributed by atoms with E-state index < -0.39 is 11.3 Å². The number of carbonyl (C=O) groups is 2. The molecule has 2 rings (SSSR count). The smallest absolute Gasteiger partial charge is 0.358 e. The van der Waals surface area contributed by atoms with Crippen LogP contribution in [-0.2, 0) is 19.1 Å². The Labute approximate surface area is 122 Å². The molecule has 20 heavy (non-hydrogen) atoms. The molecule has 0 radical (unpaired) electrons. The Hall–Kier alpha value is -1.75. The minimum absolute atomic E-state index is 0.0647. The molecular formula is C14H16ClNO4. The molecule has 2 aliphatic rings. The van der Waals surface area contributed by atoms with Crippen molar-refractivity contribution in [1.29, 1.82) is 0 Å². The van der Waals surface area contributed by atoms with Gasteiger partial charge in [-0.05, 0) is 18.6 Å². The van der Waals surface area contributed by atoms with Gasteiger partial charge in [0, 0.05) is 25.2 Å². The number of ether oxygens (including phenoxy) is 2. The highest BCUT2D eigenvalue weighted by molar-refractivity contribution is 6.33. The maximum atomic E-state index is 12.0. The van der Waals surface area contributed by atoms with Crippen LogP contribution in [0.3, 0.4) is 0 Å². The summed E-state index contributed by atoms with van der Waals surface area (Å²) >= 11 is 5.97. The van der Waals surface area contributed by atoms with Gasteiger partial charge in [-0.15, -0.1) is 11.6 Å². The van der Waals surface area contributed by atoms with Crippen LogP contribution in [0.15, 0.2) is 34.9 Å². The average molecular weight is 298 g/mol. The first kappa shape index (κ1) is 14.7. The lowest BCUT2D eigenvalue weighted by atomic mass is 9.89. The summed E-state index contributed by atoms with van der Waals surface area (Å²) in [6.45, 7) is 2.02. The number of fused-ring (bicyclic) bond motifs is 1. The number of allylic oxidation sites excluding steroid dienone is 2. The molecule has 1 aliphatic heterocycles. The minimum atomic E-state index is -0.695. The molecule has 0 saturated heterocycles. The average Bonchev–Trinajstić information content (AvgIpc) is 2.39. The molecule has 1 atom stereocenters. The van der Waals surface area contributed by atoms with E-state index in [0.29, 0.717) is 17.0 Å². The van der Waals surface area contributed by atoms with Crippen molar-refractivity contribution >= 4 is 23.4 Å². The van der Waals surface area contributed by atoms with E-state index in [4.69, 9.17) is 21.1 Å². The van der Waals surface area contributed by atoms with Crippen molar-refractivity contribution in [3.63, 3.8) is 0 Å². The Morgan fingerprint density at radius 3 is 2.85 bits per heavy atom. The molecule has 5 nitrogen and oxygen atoms in total. The van der Waals surface area contributed by atoms with Gasteiger partial charge in [0.25, 0.3) is 0 Å². The second-order valence-corrected chi connectivity index (χ2v) is 4.96. The van der Waals surface area contributed by atoms with Crippen molar-refractivity contribution in [3.05, 3.63) is 34.9 Å². The van der Waals surface area contributed by atoms with E-state index in [2.05, 4.69) is 0 Å². The Balaban J connectivity index is 2.51. The Morgan fingerprint density at radius 1 is 1.55 bits per heavy atom. The van der Waals surface area contributed by atoms with Gasteiger partial charge in [-0.1, -0.05) is 0 Å². The number of halogens is 1. The quantitative estimate of drug-likeness (QED) is 0.587. The summed E-state index contributed by atoms with van der Waals surface area (Å²) in [5.74, 6) is -0.141. The lowest BCUT2D eigenvalue weighted by molar-refractivity contribution is -0.140. The first-order chi connectivity index (χ1) is 9.49. The lowest BCUT2D eigenvalue weighted by Gasteiger charge is -2.31. The summed E-state index contributed by atoms with van der Waals surface area (Å²) in [5.41, 5.74) is 1.79. The molecular weight excluding hydrogens is 282 g/mol. The van der Waals surface area contributed by atoms with Crippen LogP contribution in [0, 0.1) is 0 Å². The summed E-state index contributed by atoms with van der Waals surface area (Å²) in [5, 5.41) is -0.695. The summed E-state index contributed by atoms with van der Waals surface area (Å²) < 4.78 is 10.4. The summed E-state index contributed by atoms with van der Waals surface area (Å²) in [6.07, 6.45) is 3.58. The molecule has 1 heterocycles. The van der Waals surface area contributed by atoms with E-state index in [1.807, 2.05) is 0 Å². The Bertz CT molecular complexity index is 547. The van der Waals surface area contributed by atoms with Gasteiger partial charge >= 0.3 is 5.97 Å². The normalized spacial score (nSPS) is 22.1. The summed E-state index contributed by atoms with van der Waals surface area (Å²) in [4.78, 5) is 25.3. The van der Waals surface area contributed by atoms with Gasteiger partial charge < -0.3 is 14.4 Å². The molecule has 0 bridgehead atoms.